The van der Waals surface area contributed by atoms with Gasteiger partial charge in [-0.2, -0.15) is 0 Å². The van der Waals surface area contributed by atoms with Gasteiger partial charge in [0.25, 0.3) is 5.91 Å². The van der Waals surface area contributed by atoms with Gasteiger partial charge in [0.05, 0.1) is 19.6 Å². The van der Waals surface area contributed by atoms with Crippen LogP contribution in [0.3, 0.4) is 0 Å². The Morgan fingerprint density at radius 2 is 2.40 bits per heavy atom. The Hall–Kier alpha value is -0.870. The molecule has 0 aliphatic carbocycles. The van der Waals surface area contributed by atoms with Crippen molar-refractivity contribution in [2.24, 2.45) is 0 Å². The van der Waals surface area contributed by atoms with E-state index in [1.165, 1.54) is 5.06 Å². The van der Waals surface area contributed by atoms with Crippen molar-refractivity contribution < 1.29 is 9.63 Å². The number of hydroxylamine groups is 2. The highest BCUT2D eigenvalue weighted by Crippen LogP contribution is 2.14. The Balaban J connectivity index is 1.99. The summed E-state index contributed by atoms with van der Waals surface area (Å²) in [4.78, 5) is 16.9. The first-order valence-electron chi connectivity index (χ1n) is 4.93. The zero-order chi connectivity index (χ0) is 10.7. The van der Waals surface area contributed by atoms with Gasteiger partial charge in [-0.05, 0) is 24.1 Å². The molecule has 0 unspecified atom stereocenters. The number of rotatable bonds is 2. The van der Waals surface area contributed by atoms with Crippen molar-refractivity contribution >= 4 is 21.8 Å². The number of carbonyl (C=O) groups excluding carboxylic acids is 1. The minimum Gasteiger partial charge on any atom is -0.272 e. The molecular formula is C11H12BrNO2. The largest absolute Gasteiger partial charge is 0.272 e. The topological polar surface area (TPSA) is 29.5 Å². The van der Waals surface area contributed by atoms with Gasteiger partial charge in [0.2, 0.25) is 0 Å². The Bertz CT molecular complexity index is 361. The van der Waals surface area contributed by atoms with Crippen molar-refractivity contribution in [2.45, 2.75) is 12.8 Å². The molecule has 1 amide bonds. The molecule has 2 rings (SSSR count). The number of carbonyl (C=O) groups is 1. The fourth-order valence-electron chi connectivity index (χ4n) is 1.55. The second-order valence-corrected chi connectivity index (χ2v) is 4.40. The minimum atomic E-state index is 0.0330. The van der Waals surface area contributed by atoms with Crippen LogP contribution >= 0.6 is 15.9 Å². The van der Waals surface area contributed by atoms with Crippen LogP contribution < -0.4 is 0 Å². The van der Waals surface area contributed by atoms with Crippen molar-refractivity contribution in [3.8, 4) is 0 Å². The summed E-state index contributed by atoms with van der Waals surface area (Å²) in [6.07, 6.45) is 1.34. The lowest BCUT2D eigenvalue weighted by molar-refractivity contribution is -0.167. The van der Waals surface area contributed by atoms with Crippen LogP contribution in [0.15, 0.2) is 28.7 Å². The van der Waals surface area contributed by atoms with Crippen molar-refractivity contribution in [1.82, 2.24) is 5.06 Å². The lowest BCUT2D eigenvalue weighted by Crippen LogP contribution is -2.27. The third kappa shape index (κ3) is 2.79. The number of hydrogen-bond acceptors (Lipinski definition) is 2. The average molecular weight is 270 g/mol. The summed E-state index contributed by atoms with van der Waals surface area (Å²) < 4.78 is 0.996. The van der Waals surface area contributed by atoms with Gasteiger partial charge in [-0.25, -0.2) is 5.06 Å². The highest BCUT2D eigenvalue weighted by atomic mass is 79.9. The van der Waals surface area contributed by atoms with E-state index in [1.807, 2.05) is 24.3 Å². The first-order valence-corrected chi connectivity index (χ1v) is 5.73. The van der Waals surface area contributed by atoms with E-state index in [-0.39, 0.29) is 5.91 Å². The van der Waals surface area contributed by atoms with E-state index >= 15 is 0 Å². The zero-order valence-corrected chi connectivity index (χ0v) is 9.87. The predicted molar refractivity (Wildman–Crippen MR) is 60.1 cm³/mol. The fourth-order valence-corrected chi connectivity index (χ4v) is 2.00. The molecular weight excluding hydrogens is 258 g/mol. The third-order valence-electron chi connectivity index (χ3n) is 2.28. The lowest BCUT2D eigenvalue weighted by atomic mass is 10.1. The standard InChI is InChI=1S/C11H12BrNO2/c12-10-4-1-3-9(7-10)8-11(14)13-5-2-6-15-13/h1,3-4,7H,2,5-6,8H2. The van der Waals surface area contributed by atoms with Crippen LogP contribution in [0.25, 0.3) is 0 Å². The van der Waals surface area contributed by atoms with Crippen molar-refractivity contribution in [3.05, 3.63) is 34.3 Å². The highest BCUT2D eigenvalue weighted by Gasteiger charge is 2.19. The molecule has 1 fully saturated rings. The van der Waals surface area contributed by atoms with Gasteiger partial charge in [0.1, 0.15) is 0 Å². The van der Waals surface area contributed by atoms with Gasteiger partial charge in [0.15, 0.2) is 0 Å². The first-order chi connectivity index (χ1) is 7.25. The molecule has 0 spiro atoms. The summed E-state index contributed by atoms with van der Waals surface area (Å²) in [6.45, 7) is 1.37. The molecule has 0 aromatic heterocycles. The van der Waals surface area contributed by atoms with Gasteiger partial charge in [-0.15, -0.1) is 0 Å². The van der Waals surface area contributed by atoms with E-state index in [2.05, 4.69) is 15.9 Å². The van der Waals surface area contributed by atoms with Crippen molar-refractivity contribution in [2.75, 3.05) is 13.2 Å². The zero-order valence-electron chi connectivity index (χ0n) is 8.28. The van der Waals surface area contributed by atoms with Crippen molar-refractivity contribution in [3.63, 3.8) is 0 Å². The molecule has 0 radical (unpaired) electrons. The summed E-state index contributed by atoms with van der Waals surface area (Å²) in [5.41, 5.74) is 1.00. The summed E-state index contributed by atoms with van der Waals surface area (Å²) in [5.74, 6) is 0.0330. The number of nitrogens with zero attached hydrogens (tertiary/aromatic N) is 1. The van der Waals surface area contributed by atoms with Gasteiger partial charge >= 0.3 is 0 Å². The third-order valence-corrected chi connectivity index (χ3v) is 2.77. The fraction of sp³-hybridized carbons (Fsp3) is 0.364. The molecule has 3 nitrogen and oxygen atoms in total. The van der Waals surface area contributed by atoms with E-state index in [1.54, 1.807) is 0 Å². The molecule has 0 saturated carbocycles. The van der Waals surface area contributed by atoms with Gasteiger partial charge < -0.3 is 0 Å². The van der Waals surface area contributed by atoms with Crippen molar-refractivity contribution in [1.29, 1.82) is 0 Å². The molecule has 1 heterocycles. The number of amides is 1. The van der Waals surface area contributed by atoms with Crippen LogP contribution in [0.4, 0.5) is 0 Å². The minimum absolute atomic E-state index is 0.0330. The molecule has 15 heavy (non-hydrogen) atoms. The highest BCUT2D eigenvalue weighted by molar-refractivity contribution is 9.10. The maximum absolute atomic E-state index is 11.7. The molecule has 1 aromatic rings. The molecule has 1 aliphatic heterocycles. The smallest absolute Gasteiger partial charge is 0.250 e. The quantitative estimate of drug-likeness (QED) is 0.824. The first kappa shape index (κ1) is 10.6. The normalized spacial score (nSPS) is 15.7. The molecule has 1 aromatic carbocycles. The van der Waals surface area contributed by atoms with Crippen LogP contribution in [0.1, 0.15) is 12.0 Å². The van der Waals surface area contributed by atoms with E-state index < -0.39 is 0 Å². The van der Waals surface area contributed by atoms with E-state index in [4.69, 9.17) is 4.84 Å². The van der Waals surface area contributed by atoms with Crippen LogP contribution in [0.2, 0.25) is 0 Å². The summed E-state index contributed by atoms with van der Waals surface area (Å²) >= 11 is 3.38. The van der Waals surface area contributed by atoms with Gasteiger partial charge in [-0.1, -0.05) is 28.1 Å². The van der Waals surface area contributed by atoms with E-state index in [0.717, 1.165) is 16.5 Å². The van der Waals surface area contributed by atoms with E-state index in [9.17, 15) is 4.79 Å². The van der Waals surface area contributed by atoms with Crippen LogP contribution in [-0.4, -0.2) is 24.1 Å². The molecule has 0 N–H and O–H groups in total. The lowest BCUT2D eigenvalue weighted by Gasteiger charge is -2.13. The van der Waals surface area contributed by atoms with Gasteiger partial charge in [0, 0.05) is 4.47 Å². The second-order valence-electron chi connectivity index (χ2n) is 3.49. The summed E-state index contributed by atoms with van der Waals surface area (Å²) in [7, 11) is 0. The number of benzene rings is 1. The number of halogens is 1. The Kier molecular flexibility index (Phi) is 3.38. The molecule has 4 heteroatoms. The number of hydrogen-bond donors (Lipinski definition) is 0. The molecule has 0 bridgehead atoms. The van der Waals surface area contributed by atoms with Gasteiger partial charge in [-0.3, -0.25) is 9.63 Å². The van der Waals surface area contributed by atoms with Crippen LogP contribution in [0.5, 0.6) is 0 Å². The SMILES string of the molecule is O=C(Cc1cccc(Br)c1)N1CCCO1. The maximum atomic E-state index is 11.7. The Labute approximate surface area is 97.1 Å². The summed E-state index contributed by atoms with van der Waals surface area (Å²) in [6, 6.07) is 7.77. The molecule has 1 saturated heterocycles. The molecule has 1 aliphatic rings. The Morgan fingerprint density at radius 3 is 3.07 bits per heavy atom. The predicted octanol–water partition coefficient (Wildman–Crippen LogP) is 2.16. The molecule has 80 valence electrons. The second kappa shape index (κ2) is 4.77. The monoisotopic (exact) mass is 269 g/mol. The van der Waals surface area contributed by atoms with Crippen LogP contribution in [0, 0.1) is 0 Å². The van der Waals surface area contributed by atoms with E-state index in [0.29, 0.717) is 19.6 Å². The average Bonchev–Trinajstić information content (AvgIpc) is 2.70. The Morgan fingerprint density at radius 1 is 1.53 bits per heavy atom. The summed E-state index contributed by atoms with van der Waals surface area (Å²) in [5, 5.41) is 1.46. The van der Waals surface area contributed by atoms with Crippen LogP contribution in [-0.2, 0) is 16.1 Å². The maximum Gasteiger partial charge on any atom is 0.250 e. The molecule has 0 atom stereocenters.